The van der Waals surface area contributed by atoms with Gasteiger partial charge in [-0.3, -0.25) is 4.90 Å². The predicted molar refractivity (Wildman–Crippen MR) is 101 cm³/mol. The highest BCUT2D eigenvalue weighted by Gasteiger charge is 2.22. The zero-order valence-corrected chi connectivity index (χ0v) is 15.0. The lowest BCUT2D eigenvalue weighted by Gasteiger charge is -2.28. The van der Waals surface area contributed by atoms with Gasteiger partial charge >= 0.3 is 0 Å². The number of ether oxygens (including phenoxy) is 1. The summed E-state index contributed by atoms with van der Waals surface area (Å²) in [6.07, 6.45) is 3.71. The summed E-state index contributed by atoms with van der Waals surface area (Å²) in [6.45, 7) is 4.37. The molecule has 0 spiro atoms. The number of β-amino-alcohol motifs (C(OH)–C–C–N with tert-alkyl or cyclic N) is 1. The molecule has 0 aromatic heterocycles. The molecule has 2 atom stereocenters. The van der Waals surface area contributed by atoms with Crippen LogP contribution < -0.4 is 4.74 Å². The summed E-state index contributed by atoms with van der Waals surface area (Å²) in [7, 11) is 0. The summed E-state index contributed by atoms with van der Waals surface area (Å²) < 4.78 is 18.8. The second-order valence-corrected chi connectivity index (χ2v) is 7.26. The van der Waals surface area contributed by atoms with Crippen molar-refractivity contribution in [1.82, 2.24) is 4.90 Å². The summed E-state index contributed by atoms with van der Waals surface area (Å²) in [5.41, 5.74) is 4.47. The van der Waals surface area contributed by atoms with Crippen LogP contribution in [-0.4, -0.2) is 35.7 Å². The maximum Gasteiger partial charge on any atom is 0.123 e. The van der Waals surface area contributed by atoms with E-state index in [0.717, 1.165) is 42.8 Å². The number of aliphatic hydroxyl groups is 1. The van der Waals surface area contributed by atoms with E-state index >= 15 is 0 Å². The summed E-state index contributed by atoms with van der Waals surface area (Å²) >= 11 is 0. The van der Waals surface area contributed by atoms with Crippen molar-refractivity contribution in [2.45, 2.75) is 32.0 Å². The van der Waals surface area contributed by atoms with E-state index in [2.05, 4.69) is 24.0 Å². The van der Waals surface area contributed by atoms with Gasteiger partial charge in [-0.1, -0.05) is 24.3 Å². The van der Waals surface area contributed by atoms with Gasteiger partial charge in [0.1, 0.15) is 17.7 Å². The first-order chi connectivity index (χ1) is 12.6. The fraction of sp³-hybridized carbons (Fsp3) is 0.364. The molecule has 136 valence electrons. The molecule has 1 N–H and O–H groups in total. The van der Waals surface area contributed by atoms with E-state index in [-0.39, 0.29) is 11.9 Å². The lowest BCUT2D eigenvalue weighted by atomic mass is 9.98. The highest BCUT2D eigenvalue weighted by molar-refractivity contribution is 5.66. The molecule has 4 rings (SSSR count). The Morgan fingerprint density at radius 1 is 1.23 bits per heavy atom. The van der Waals surface area contributed by atoms with E-state index < -0.39 is 6.10 Å². The van der Waals surface area contributed by atoms with Crippen molar-refractivity contribution in [1.29, 1.82) is 0 Å². The van der Waals surface area contributed by atoms with Gasteiger partial charge in [0.25, 0.3) is 0 Å². The molecule has 4 heteroatoms. The summed E-state index contributed by atoms with van der Waals surface area (Å²) in [5, 5.41) is 10.6. The molecule has 0 radical (unpaired) electrons. The number of halogens is 1. The Labute approximate surface area is 153 Å². The molecule has 0 saturated carbocycles. The van der Waals surface area contributed by atoms with Crippen molar-refractivity contribution in [2.24, 2.45) is 0 Å². The van der Waals surface area contributed by atoms with Crippen molar-refractivity contribution in [2.75, 3.05) is 19.6 Å². The number of aliphatic hydroxyl groups excluding tert-OH is 1. The van der Waals surface area contributed by atoms with Crippen LogP contribution in [0.3, 0.4) is 0 Å². The zero-order chi connectivity index (χ0) is 18.1. The quantitative estimate of drug-likeness (QED) is 0.903. The van der Waals surface area contributed by atoms with E-state index in [0.29, 0.717) is 6.54 Å². The molecule has 0 aliphatic carbocycles. The average molecular weight is 353 g/mol. The molecular formula is C22H24FNO2. The Hall–Kier alpha value is -2.17. The zero-order valence-electron chi connectivity index (χ0n) is 15.0. The van der Waals surface area contributed by atoms with Crippen LogP contribution >= 0.6 is 0 Å². The highest BCUT2D eigenvalue weighted by atomic mass is 19.1. The minimum Gasteiger partial charge on any atom is -0.490 e. The fourth-order valence-electron chi connectivity index (χ4n) is 3.80. The standard InChI is InChI=1S/C22H24FNO2/c1-15-12-19-13-18(4-7-22(19)26-15)21(25)14-24-10-8-17(9-11-24)16-2-5-20(23)6-3-16/h2-8,13,15,21,25H,9-12,14H2,1H3. The van der Waals surface area contributed by atoms with Crippen molar-refractivity contribution < 1.29 is 14.2 Å². The third-order valence-electron chi connectivity index (χ3n) is 5.24. The molecule has 2 aromatic carbocycles. The predicted octanol–water partition coefficient (Wildman–Crippen LogP) is 3.97. The Morgan fingerprint density at radius 3 is 2.77 bits per heavy atom. The number of nitrogens with zero attached hydrogens (tertiary/aromatic N) is 1. The average Bonchev–Trinajstić information content (AvgIpc) is 3.02. The van der Waals surface area contributed by atoms with Crippen LogP contribution in [0, 0.1) is 5.82 Å². The Balaban J connectivity index is 1.38. The van der Waals surface area contributed by atoms with Gasteiger partial charge in [-0.2, -0.15) is 0 Å². The van der Waals surface area contributed by atoms with Crippen molar-refractivity contribution in [3.63, 3.8) is 0 Å². The molecule has 2 aromatic rings. The van der Waals surface area contributed by atoms with Gasteiger partial charge < -0.3 is 9.84 Å². The molecule has 0 amide bonds. The fourth-order valence-corrected chi connectivity index (χ4v) is 3.80. The van der Waals surface area contributed by atoms with Gasteiger partial charge in [-0.15, -0.1) is 0 Å². The SMILES string of the molecule is CC1Cc2cc(C(O)CN3CC=C(c4ccc(F)cc4)CC3)ccc2O1. The van der Waals surface area contributed by atoms with Crippen LogP contribution in [0.5, 0.6) is 5.75 Å². The maximum atomic E-state index is 13.1. The van der Waals surface area contributed by atoms with E-state index in [4.69, 9.17) is 4.74 Å². The first-order valence-corrected chi connectivity index (χ1v) is 9.23. The van der Waals surface area contributed by atoms with Crippen LogP contribution in [-0.2, 0) is 6.42 Å². The monoisotopic (exact) mass is 353 g/mol. The first-order valence-electron chi connectivity index (χ1n) is 9.23. The Kier molecular flexibility index (Phi) is 4.79. The molecule has 2 heterocycles. The van der Waals surface area contributed by atoms with Crippen LogP contribution in [0.1, 0.15) is 36.1 Å². The van der Waals surface area contributed by atoms with Crippen LogP contribution in [0.2, 0.25) is 0 Å². The third-order valence-corrected chi connectivity index (χ3v) is 5.24. The van der Waals surface area contributed by atoms with E-state index in [1.165, 1.54) is 23.3 Å². The smallest absolute Gasteiger partial charge is 0.123 e. The minimum absolute atomic E-state index is 0.205. The maximum absolute atomic E-state index is 13.1. The van der Waals surface area contributed by atoms with E-state index in [9.17, 15) is 9.50 Å². The molecular weight excluding hydrogens is 329 g/mol. The van der Waals surface area contributed by atoms with Crippen LogP contribution in [0.15, 0.2) is 48.5 Å². The molecule has 2 unspecified atom stereocenters. The van der Waals surface area contributed by atoms with Gasteiger partial charge in [0.2, 0.25) is 0 Å². The Morgan fingerprint density at radius 2 is 2.04 bits per heavy atom. The molecule has 0 fully saturated rings. The molecule has 2 aliphatic heterocycles. The second-order valence-electron chi connectivity index (χ2n) is 7.26. The Bertz CT molecular complexity index is 815. The lowest BCUT2D eigenvalue weighted by Crippen LogP contribution is -2.32. The van der Waals surface area contributed by atoms with Crippen LogP contribution in [0.25, 0.3) is 5.57 Å². The summed E-state index contributed by atoms with van der Waals surface area (Å²) in [6, 6.07) is 12.7. The minimum atomic E-state index is -0.503. The normalized spacial score (nSPS) is 21.0. The van der Waals surface area contributed by atoms with Gasteiger partial charge in [-0.25, -0.2) is 4.39 Å². The number of hydrogen-bond donors (Lipinski definition) is 1. The number of hydrogen-bond acceptors (Lipinski definition) is 3. The second kappa shape index (κ2) is 7.22. The lowest BCUT2D eigenvalue weighted by molar-refractivity contribution is 0.119. The van der Waals surface area contributed by atoms with Gasteiger partial charge in [0, 0.05) is 26.1 Å². The third kappa shape index (κ3) is 3.67. The van der Waals surface area contributed by atoms with E-state index in [1.54, 1.807) is 0 Å². The van der Waals surface area contributed by atoms with Gasteiger partial charge in [0.15, 0.2) is 0 Å². The molecule has 3 nitrogen and oxygen atoms in total. The number of fused-ring (bicyclic) bond motifs is 1. The van der Waals surface area contributed by atoms with Crippen LogP contribution in [0.4, 0.5) is 4.39 Å². The number of benzene rings is 2. The van der Waals surface area contributed by atoms with Crippen molar-refractivity contribution in [3.05, 3.63) is 71.0 Å². The summed E-state index contributed by atoms with van der Waals surface area (Å²) in [5.74, 6) is 0.738. The summed E-state index contributed by atoms with van der Waals surface area (Å²) in [4.78, 5) is 2.25. The van der Waals surface area contributed by atoms with E-state index in [1.807, 2.05) is 24.3 Å². The largest absolute Gasteiger partial charge is 0.490 e. The molecule has 0 saturated heterocycles. The number of rotatable bonds is 4. The first kappa shape index (κ1) is 17.3. The van der Waals surface area contributed by atoms with Crippen molar-refractivity contribution >= 4 is 5.57 Å². The molecule has 2 aliphatic rings. The highest BCUT2D eigenvalue weighted by Crippen LogP contribution is 2.31. The molecule has 0 bridgehead atoms. The molecule has 26 heavy (non-hydrogen) atoms. The van der Waals surface area contributed by atoms with Gasteiger partial charge in [0.05, 0.1) is 6.10 Å². The van der Waals surface area contributed by atoms with Crippen molar-refractivity contribution in [3.8, 4) is 5.75 Å². The topological polar surface area (TPSA) is 32.7 Å². The van der Waals surface area contributed by atoms with Gasteiger partial charge in [-0.05, 0) is 59.9 Å².